The number of thioether (sulfide) groups is 1. The minimum atomic E-state index is -0.527. The van der Waals surface area contributed by atoms with E-state index in [0.29, 0.717) is 0 Å². The zero-order valence-corrected chi connectivity index (χ0v) is 9.49. The van der Waals surface area contributed by atoms with E-state index in [-0.39, 0.29) is 18.6 Å². The summed E-state index contributed by atoms with van der Waals surface area (Å²) < 4.78 is 0. The summed E-state index contributed by atoms with van der Waals surface area (Å²) in [5, 5.41) is 15.0. The monoisotopic (exact) mass is 218 g/mol. The van der Waals surface area contributed by atoms with Crippen LogP contribution in [0, 0.1) is 0 Å². The maximum Gasteiger partial charge on any atom is 0.238 e. The van der Waals surface area contributed by atoms with Gasteiger partial charge in [0.2, 0.25) is 5.91 Å². The van der Waals surface area contributed by atoms with Crippen LogP contribution in [0.25, 0.3) is 0 Å². The molecule has 1 saturated heterocycles. The van der Waals surface area contributed by atoms with Crippen LogP contribution in [0.1, 0.15) is 13.8 Å². The maximum atomic E-state index is 11.7. The number of aliphatic hydroxyl groups excluding tert-OH is 1. The van der Waals surface area contributed by atoms with Gasteiger partial charge in [-0.25, -0.2) is 0 Å². The van der Waals surface area contributed by atoms with Gasteiger partial charge in [-0.3, -0.25) is 4.79 Å². The number of nitrogens with one attached hydrogen (secondary N) is 2. The standard InChI is InChI=1S/C9H18N2O2S/c1-9(2,6-12)11-8(13)7-5-14-4-3-10-7/h7,10,12H,3-6H2,1-2H3,(H,11,13). The van der Waals surface area contributed by atoms with Gasteiger partial charge in [0.25, 0.3) is 0 Å². The molecule has 0 aliphatic carbocycles. The molecule has 4 nitrogen and oxygen atoms in total. The zero-order chi connectivity index (χ0) is 10.6. The van der Waals surface area contributed by atoms with Gasteiger partial charge in [-0.1, -0.05) is 0 Å². The second kappa shape index (κ2) is 5.00. The Morgan fingerprint density at radius 2 is 2.43 bits per heavy atom. The molecule has 14 heavy (non-hydrogen) atoms. The van der Waals surface area contributed by atoms with E-state index in [1.54, 1.807) is 25.6 Å². The van der Waals surface area contributed by atoms with Crippen LogP contribution in [0.5, 0.6) is 0 Å². The van der Waals surface area contributed by atoms with Crippen LogP contribution in [0.15, 0.2) is 0 Å². The van der Waals surface area contributed by atoms with Crippen molar-refractivity contribution < 1.29 is 9.90 Å². The average Bonchev–Trinajstić information content (AvgIpc) is 2.19. The van der Waals surface area contributed by atoms with Crippen molar-refractivity contribution in [2.75, 3.05) is 24.7 Å². The number of hydrogen-bond acceptors (Lipinski definition) is 4. The summed E-state index contributed by atoms with van der Waals surface area (Å²) in [7, 11) is 0. The maximum absolute atomic E-state index is 11.7. The van der Waals surface area contributed by atoms with E-state index < -0.39 is 5.54 Å². The third-order valence-electron chi connectivity index (χ3n) is 2.10. The van der Waals surface area contributed by atoms with Gasteiger partial charge in [0, 0.05) is 18.1 Å². The SMILES string of the molecule is CC(C)(CO)NC(=O)C1CSCCN1. The van der Waals surface area contributed by atoms with Crippen LogP contribution in [0.3, 0.4) is 0 Å². The van der Waals surface area contributed by atoms with Crippen LogP contribution < -0.4 is 10.6 Å². The lowest BCUT2D eigenvalue weighted by Gasteiger charge is -2.28. The van der Waals surface area contributed by atoms with E-state index in [1.165, 1.54) is 0 Å². The molecule has 3 N–H and O–H groups in total. The lowest BCUT2D eigenvalue weighted by Crippen LogP contribution is -2.55. The summed E-state index contributed by atoms with van der Waals surface area (Å²) in [6, 6.07) is -0.112. The molecule has 1 heterocycles. The summed E-state index contributed by atoms with van der Waals surface area (Å²) in [5.74, 6) is 1.86. The van der Waals surface area contributed by atoms with E-state index in [2.05, 4.69) is 10.6 Å². The second-order valence-corrected chi connectivity index (χ2v) is 5.26. The Morgan fingerprint density at radius 1 is 1.71 bits per heavy atom. The largest absolute Gasteiger partial charge is 0.394 e. The lowest BCUT2D eigenvalue weighted by molar-refractivity contribution is -0.124. The summed E-state index contributed by atoms with van der Waals surface area (Å²) in [6.45, 7) is 4.45. The quantitative estimate of drug-likeness (QED) is 0.602. The second-order valence-electron chi connectivity index (χ2n) is 4.11. The van der Waals surface area contributed by atoms with Crippen molar-refractivity contribution >= 4 is 17.7 Å². The highest BCUT2D eigenvalue weighted by atomic mass is 32.2. The van der Waals surface area contributed by atoms with Gasteiger partial charge in [0.15, 0.2) is 0 Å². The smallest absolute Gasteiger partial charge is 0.238 e. The molecule has 0 spiro atoms. The van der Waals surface area contributed by atoms with Gasteiger partial charge in [0.05, 0.1) is 18.2 Å². The number of aliphatic hydroxyl groups is 1. The fourth-order valence-corrected chi connectivity index (χ4v) is 2.13. The Labute approximate surface area is 88.8 Å². The molecule has 0 aromatic heterocycles. The lowest BCUT2D eigenvalue weighted by atomic mass is 10.1. The van der Waals surface area contributed by atoms with Crippen LogP contribution in [-0.4, -0.2) is 47.3 Å². The Balaban J connectivity index is 2.40. The van der Waals surface area contributed by atoms with Gasteiger partial charge in [0.1, 0.15) is 0 Å². The molecule has 1 amide bonds. The molecule has 0 bridgehead atoms. The Morgan fingerprint density at radius 3 is 2.93 bits per heavy atom. The van der Waals surface area contributed by atoms with Crippen LogP contribution in [0.2, 0.25) is 0 Å². The van der Waals surface area contributed by atoms with E-state index in [4.69, 9.17) is 5.11 Å². The molecule has 0 aromatic carbocycles. The molecular weight excluding hydrogens is 200 g/mol. The third kappa shape index (κ3) is 3.48. The topological polar surface area (TPSA) is 61.4 Å². The predicted octanol–water partition coefficient (Wildman–Crippen LogP) is -0.421. The first kappa shape index (κ1) is 11.8. The molecule has 82 valence electrons. The summed E-state index contributed by atoms with van der Waals surface area (Å²) >= 11 is 1.78. The van der Waals surface area contributed by atoms with Gasteiger partial charge in [-0.2, -0.15) is 11.8 Å². The minimum absolute atomic E-state index is 0.0174. The molecule has 1 atom stereocenters. The fraction of sp³-hybridized carbons (Fsp3) is 0.889. The molecule has 0 radical (unpaired) electrons. The van der Waals surface area contributed by atoms with Gasteiger partial charge in [-0.15, -0.1) is 0 Å². The molecule has 1 unspecified atom stereocenters. The van der Waals surface area contributed by atoms with Gasteiger partial charge >= 0.3 is 0 Å². The summed E-state index contributed by atoms with van der Waals surface area (Å²) in [6.07, 6.45) is 0. The molecule has 5 heteroatoms. The molecular formula is C9H18N2O2S. The summed E-state index contributed by atoms with van der Waals surface area (Å²) in [5.41, 5.74) is -0.527. The molecule has 1 fully saturated rings. The van der Waals surface area contributed by atoms with Crippen molar-refractivity contribution in [3.05, 3.63) is 0 Å². The van der Waals surface area contributed by atoms with E-state index in [1.807, 2.05) is 0 Å². The van der Waals surface area contributed by atoms with Crippen molar-refractivity contribution in [3.63, 3.8) is 0 Å². The molecule has 1 aliphatic rings. The first-order valence-electron chi connectivity index (χ1n) is 4.79. The van der Waals surface area contributed by atoms with E-state index in [9.17, 15) is 4.79 Å². The highest BCUT2D eigenvalue weighted by Gasteiger charge is 2.26. The number of amides is 1. The van der Waals surface area contributed by atoms with Gasteiger partial charge in [-0.05, 0) is 13.8 Å². The number of rotatable bonds is 3. The van der Waals surface area contributed by atoms with Crippen molar-refractivity contribution in [1.82, 2.24) is 10.6 Å². The highest BCUT2D eigenvalue weighted by molar-refractivity contribution is 7.99. The molecule has 0 aromatic rings. The van der Waals surface area contributed by atoms with Crippen molar-refractivity contribution in [2.24, 2.45) is 0 Å². The van der Waals surface area contributed by atoms with Crippen LogP contribution >= 0.6 is 11.8 Å². The Hall–Kier alpha value is -0.260. The minimum Gasteiger partial charge on any atom is -0.394 e. The normalized spacial score (nSPS) is 23.2. The van der Waals surface area contributed by atoms with Crippen molar-refractivity contribution in [3.8, 4) is 0 Å². The van der Waals surface area contributed by atoms with Crippen molar-refractivity contribution in [1.29, 1.82) is 0 Å². The zero-order valence-electron chi connectivity index (χ0n) is 8.67. The number of carbonyl (C=O) groups excluding carboxylic acids is 1. The Kier molecular flexibility index (Phi) is 4.22. The molecule has 1 rings (SSSR count). The average molecular weight is 218 g/mol. The van der Waals surface area contributed by atoms with Crippen molar-refractivity contribution in [2.45, 2.75) is 25.4 Å². The number of carbonyl (C=O) groups is 1. The molecule has 1 aliphatic heterocycles. The van der Waals surface area contributed by atoms with Crippen LogP contribution in [-0.2, 0) is 4.79 Å². The van der Waals surface area contributed by atoms with Gasteiger partial charge < -0.3 is 15.7 Å². The number of hydrogen-bond donors (Lipinski definition) is 3. The Bertz CT molecular complexity index is 203. The van der Waals surface area contributed by atoms with E-state index >= 15 is 0 Å². The summed E-state index contributed by atoms with van der Waals surface area (Å²) in [4.78, 5) is 11.7. The fourth-order valence-electron chi connectivity index (χ4n) is 1.19. The van der Waals surface area contributed by atoms with Crippen LogP contribution in [0.4, 0.5) is 0 Å². The van der Waals surface area contributed by atoms with E-state index in [0.717, 1.165) is 18.1 Å². The first-order valence-corrected chi connectivity index (χ1v) is 5.95. The predicted molar refractivity (Wildman–Crippen MR) is 58.4 cm³/mol. The highest BCUT2D eigenvalue weighted by Crippen LogP contribution is 2.09. The third-order valence-corrected chi connectivity index (χ3v) is 3.16. The molecule has 0 saturated carbocycles. The first-order chi connectivity index (χ1) is 6.55.